The van der Waals surface area contributed by atoms with E-state index >= 15 is 0 Å². The number of hydrogen-bond acceptors (Lipinski definition) is 3. The smallest absolute Gasteiger partial charge is 0.225 e. The molecule has 3 nitrogen and oxygen atoms in total. The van der Waals surface area contributed by atoms with Gasteiger partial charge in [0.25, 0.3) is 0 Å². The summed E-state index contributed by atoms with van der Waals surface area (Å²) in [6, 6.07) is 8.85. The van der Waals surface area contributed by atoms with Gasteiger partial charge in [0.2, 0.25) is 11.8 Å². The summed E-state index contributed by atoms with van der Waals surface area (Å²) in [5.41, 5.74) is 1.19. The molecule has 18 heavy (non-hydrogen) atoms. The molecule has 0 saturated heterocycles. The first kappa shape index (κ1) is 12.5. The van der Waals surface area contributed by atoms with Crippen LogP contribution in [0.1, 0.15) is 26.3 Å². The fourth-order valence-electron chi connectivity index (χ4n) is 1.52. The van der Waals surface area contributed by atoms with Crippen LogP contribution in [0.5, 0.6) is 11.6 Å². The van der Waals surface area contributed by atoms with Gasteiger partial charge in [0.05, 0.1) is 6.07 Å². The van der Waals surface area contributed by atoms with Crippen molar-refractivity contribution < 1.29 is 9.13 Å². The summed E-state index contributed by atoms with van der Waals surface area (Å²) >= 11 is 0. The number of ether oxygens (including phenoxy) is 1. The van der Waals surface area contributed by atoms with E-state index in [1.54, 1.807) is 0 Å². The Balaban J connectivity index is 2.25. The Kier molecular flexibility index (Phi) is 3.28. The SMILES string of the molecule is CC(C)(C)c1cccc(Oc2cc(F)ncn2)c1. The molecule has 0 aliphatic heterocycles. The maximum Gasteiger partial charge on any atom is 0.225 e. The third-order valence-electron chi connectivity index (χ3n) is 2.53. The minimum atomic E-state index is -0.605. The molecule has 0 amide bonds. The number of aromatic nitrogens is 2. The van der Waals surface area contributed by atoms with E-state index in [1.165, 1.54) is 0 Å². The highest BCUT2D eigenvalue weighted by Gasteiger charge is 2.14. The van der Waals surface area contributed by atoms with Crippen LogP contribution in [0.4, 0.5) is 4.39 Å². The summed E-state index contributed by atoms with van der Waals surface area (Å²) in [5.74, 6) is 0.237. The van der Waals surface area contributed by atoms with Gasteiger partial charge in [-0.2, -0.15) is 4.39 Å². The zero-order valence-electron chi connectivity index (χ0n) is 10.6. The van der Waals surface area contributed by atoms with E-state index in [0.717, 1.165) is 18.0 Å². The van der Waals surface area contributed by atoms with Gasteiger partial charge in [0.1, 0.15) is 12.1 Å². The molecule has 94 valence electrons. The van der Waals surface area contributed by atoms with Gasteiger partial charge in [-0.05, 0) is 23.1 Å². The van der Waals surface area contributed by atoms with Crippen LogP contribution in [0.15, 0.2) is 36.7 Å². The van der Waals surface area contributed by atoms with E-state index < -0.39 is 5.95 Å². The van der Waals surface area contributed by atoms with Gasteiger partial charge in [-0.15, -0.1) is 0 Å². The van der Waals surface area contributed by atoms with Crippen LogP contribution in [-0.4, -0.2) is 9.97 Å². The maximum atomic E-state index is 12.9. The molecule has 4 heteroatoms. The second-order valence-electron chi connectivity index (χ2n) is 5.06. The van der Waals surface area contributed by atoms with Crippen molar-refractivity contribution in [3.05, 3.63) is 48.2 Å². The third-order valence-corrected chi connectivity index (χ3v) is 2.53. The van der Waals surface area contributed by atoms with E-state index in [1.807, 2.05) is 24.3 Å². The minimum Gasteiger partial charge on any atom is -0.439 e. The maximum absolute atomic E-state index is 12.9. The lowest BCUT2D eigenvalue weighted by Crippen LogP contribution is -2.10. The van der Waals surface area contributed by atoms with Crippen molar-refractivity contribution in [3.8, 4) is 11.6 Å². The van der Waals surface area contributed by atoms with E-state index in [-0.39, 0.29) is 11.3 Å². The lowest BCUT2D eigenvalue weighted by molar-refractivity contribution is 0.448. The summed E-state index contributed by atoms with van der Waals surface area (Å²) < 4.78 is 18.4. The van der Waals surface area contributed by atoms with Crippen LogP contribution < -0.4 is 4.74 Å². The van der Waals surface area contributed by atoms with Crippen LogP contribution in [0.2, 0.25) is 0 Å². The van der Waals surface area contributed by atoms with E-state index in [2.05, 4.69) is 30.7 Å². The predicted octanol–water partition coefficient (Wildman–Crippen LogP) is 3.71. The molecule has 0 aliphatic carbocycles. The van der Waals surface area contributed by atoms with Crippen molar-refractivity contribution in [2.24, 2.45) is 0 Å². The van der Waals surface area contributed by atoms with Crippen molar-refractivity contribution in [1.82, 2.24) is 9.97 Å². The minimum absolute atomic E-state index is 0.0380. The second-order valence-corrected chi connectivity index (χ2v) is 5.06. The molecule has 2 aromatic rings. The lowest BCUT2D eigenvalue weighted by atomic mass is 9.87. The Bertz CT molecular complexity index is 549. The molecular weight excluding hydrogens is 231 g/mol. The summed E-state index contributed by atoms with van der Waals surface area (Å²) in [7, 11) is 0. The largest absolute Gasteiger partial charge is 0.439 e. The Morgan fingerprint density at radius 1 is 1.11 bits per heavy atom. The first-order chi connectivity index (χ1) is 8.45. The zero-order chi connectivity index (χ0) is 13.2. The number of hydrogen-bond donors (Lipinski definition) is 0. The Hall–Kier alpha value is -1.97. The molecule has 0 unspecified atom stereocenters. The van der Waals surface area contributed by atoms with Crippen molar-refractivity contribution >= 4 is 0 Å². The fraction of sp³-hybridized carbons (Fsp3) is 0.286. The van der Waals surface area contributed by atoms with Gasteiger partial charge in [0, 0.05) is 0 Å². The third kappa shape index (κ3) is 3.03. The molecule has 0 N–H and O–H groups in total. The van der Waals surface area contributed by atoms with Crippen molar-refractivity contribution in [1.29, 1.82) is 0 Å². The van der Waals surface area contributed by atoms with Crippen molar-refractivity contribution in [2.45, 2.75) is 26.2 Å². The monoisotopic (exact) mass is 246 g/mol. The summed E-state index contributed by atoms with van der Waals surface area (Å²) in [6.45, 7) is 6.36. The molecule has 0 aliphatic rings. The number of rotatable bonds is 2. The van der Waals surface area contributed by atoms with Crippen LogP contribution >= 0.6 is 0 Å². The Morgan fingerprint density at radius 2 is 1.89 bits per heavy atom. The molecule has 0 radical (unpaired) electrons. The second kappa shape index (κ2) is 4.72. The highest BCUT2D eigenvalue weighted by Crippen LogP contribution is 2.27. The molecular formula is C14H15FN2O. The van der Waals surface area contributed by atoms with Gasteiger partial charge in [0.15, 0.2) is 0 Å². The molecule has 0 spiro atoms. The molecule has 1 heterocycles. The highest BCUT2D eigenvalue weighted by molar-refractivity contribution is 5.34. The van der Waals surface area contributed by atoms with Crippen LogP contribution in [0.25, 0.3) is 0 Å². The molecule has 2 rings (SSSR count). The normalized spacial score (nSPS) is 11.3. The van der Waals surface area contributed by atoms with Gasteiger partial charge in [-0.1, -0.05) is 32.9 Å². The Morgan fingerprint density at radius 3 is 2.56 bits per heavy atom. The first-order valence-electron chi connectivity index (χ1n) is 5.71. The average molecular weight is 246 g/mol. The van der Waals surface area contributed by atoms with E-state index in [9.17, 15) is 4.39 Å². The van der Waals surface area contributed by atoms with Crippen molar-refractivity contribution in [2.75, 3.05) is 0 Å². The molecule has 0 fully saturated rings. The van der Waals surface area contributed by atoms with Gasteiger partial charge in [-0.25, -0.2) is 9.97 Å². The Labute approximate surface area is 106 Å². The van der Waals surface area contributed by atoms with Gasteiger partial charge < -0.3 is 4.74 Å². The standard InChI is InChI=1S/C14H15FN2O/c1-14(2,3)10-5-4-6-11(7-10)18-13-8-12(15)16-9-17-13/h4-9H,1-3H3. The van der Waals surface area contributed by atoms with Crippen LogP contribution in [0.3, 0.4) is 0 Å². The summed E-state index contributed by atoms with van der Waals surface area (Å²) in [4.78, 5) is 7.23. The van der Waals surface area contributed by atoms with E-state index in [4.69, 9.17) is 4.74 Å². The zero-order valence-corrected chi connectivity index (χ0v) is 10.6. The fourth-order valence-corrected chi connectivity index (χ4v) is 1.52. The van der Waals surface area contributed by atoms with Crippen molar-refractivity contribution in [3.63, 3.8) is 0 Å². The number of benzene rings is 1. The first-order valence-corrected chi connectivity index (χ1v) is 5.71. The van der Waals surface area contributed by atoms with Gasteiger partial charge in [-0.3, -0.25) is 0 Å². The summed E-state index contributed by atoms with van der Waals surface area (Å²) in [5, 5.41) is 0. The topological polar surface area (TPSA) is 35.0 Å². The summed E-state index contributed by atoms with van der Waals surface area (Å²) in [6.07, 6.45) is 1.14. The average Bonchev–Trinajstić information content (AvgIpc) is 2.28. The van der Waals surface area contributed by atoms with Crippen LogP contribution in [-0.2, 0) is 5.41 Å². The molecule has 1 aromatic heterocycles. The highest BCUT2D eigenvalue weighted by atomic mass is 19.1. The number of nitrogens with zero attached hydrogens (tertiary/aromatic N) is 2. The van der Waals surface area contributed by atoms with Crippen LogP contribution in [0, 0.1) is 5.95 Å². The van der Waals surface area contributed by atoms with Gasteiger partial charge >= 0.3 is 0 Å². The predicted molar refractivity (Wildman–Crippen MR) is 67.2 cm³/mol. The molecule has 0 bridgehead atoms. The molecule has 0 saturated carbocycles. The molecule has 0 atom stereocenters. The molecule has 1 aromatic carbocycles. The number of halogens is 1. The van der Waals surface area contributed by atoms with E-state index in [0.29, 0.717) is 5.75 Å². The lowest BCUT2D eigenvalue weighted by Gasteiger charge is -2.19. The quantitative estimate of drug-likeness (QED) is 0.758.